The van der Waals surface area contributed by atoms with Crippen molar-refractivity contribution in [3.63, 3.8) is 0 Å². The zero-order chi connectivity index (χ0) is 26.3. The number of rotatable bonds is 7. The number of ether oxygens (including phenoxy) is 1. The molecule has 0 aliphatic rings. The van der Waals surface area contributed by atoms with Gasteiger partial charge in [-0.3, -0.25) is 5.10 Å². The smallest absolute Gasteiger partial charge is 0.194 e. The molecule has 0 radical (unpaired) electrons. The summed E-state index contributed by atoms with van der Waals surface area (Å²) in [5.74, 6) is -3.04. The third-order valence-electron chi connectivity index (χ3n) is 6.09. The van der Waals surface area contributed by atoms with Crippen LogP contribution in [0.3, 0.4) is 0 Å². The molecule has 1 atom stereocenters. The van der Waals surface area contributed by atoms with Gasteiger partial charge in [-0.15, -0.1) is 0 Å². The lowest BCUT2D eigenvalue weighted by molar-refractivity contribution is 0.287. The van der Waals surface area contributed by atoms with E-state index in [0.717, 1.165) is 34.3 Å². The number of H-pyrrole nitrogens is 1. The van der Waals surface area contributed by atoms with Crippen molar-refractivity contribution >= 4 is 16.9 Å². The van der Waals surface area contributed by atoms with E-state index in [4.69, 9.17) is 20.6 Å². The summed E-state index contributed by atoms with van der Waals surface area (Å²) in [6.45, 7) is 3.64. The second kappa shape index (κ2) is 9.58. The van der Waals surface area contributed by atoms with Crippen molar-refractivity contribution in [2.24, 2.45) is 5.73 Å². The molecule has 0 amide bonds. The van der Waals surface area contributed by atoms with Crippen LogP contribution in [0, 0.1) is 31.3 Å². The molecule has 5 aromatic rings. The van der Waals surface area contributed by atoms with E-state index < -0.39 is 23.5 Å². The van der Waals surface area contributed by atoms with E-state index in [9.17, 15) is 13.2 Å². The molecule has 0 aliphatic heterocycles. The predicted molar refractivity (Wildman–Crippen MR) is 132 cm³/mol. The monoisotopic (exact) mass is 508 g/mol. The fourth-order valence-electron chi connectivity index (χ4n) is 4.11. The number of aromatic amines is 1. The van der Waals surface area contributed by atoms with Crippen LogP contribution in [0.1, 0.15) is 17.0 Å². The van der Waals surface area contributed by atoms with E-state index in [0.29, 0.717) is 22.7 Å². The number of nitrogen functional groups attached to an aromatic ring is 1. The number of benzene rings is 1. The van der Waals surface area contributed by atoms with Crippen LogP contribution in [0.4, 0.5) is 19.0 Å². The van der Waals surface area contributed by atoms with Crippen molar-refractivity contribution in [1.82, 2.24) is 20.2 Å². The second-order valence-electron chi connectivity index (χ2n) is 8.71. The van der Waals surface area contributed by atoms with Gasteiger partial charge in [0.05, 0.1) is 12.0 Å². The first-order valence-electron chi connectivity index (χ1n) is 11.4. The minimum Gasteiger partial charge on any atom is -0.488 e. The summed E-state index contributed by atoms with van der Waals surface area (Å²) in [5, 5.41) is 7.94. The van der Waals surface area contributed by atoms with E-state index in [2.05, 4.69) is 20.2 Å². The Morgan fingerprint density at radius 2 is 1.89 bits per heavy atom. The number of nitrogens with zero attached hydrogens (tertiary/aromatic N) is 3. The number of fused-ring (bicyclic) bond motifs is 1. The minimum absolute atomic E-state index is 0.0533. The van der Waals surface area contributed by atoms with Gasteiger partial charge in [-0.2, -0.15) is 5.10 Å². The molecule has 1 aromatic carbocycles. The molecule has 0 saturated heterocycles. The van der Waals surface area contributed by atoms with Crippen LogP contribution in [-0.4, -0.2) is 32.8 Å². The lowest BCUT2D eigenvalue weighted by Crippen LogP contribution is -2.31. The maximum atomic E-state index is 14.1. The number of aromatic nitrogens is 4. The van der Waals surface area contributed by atoms with Crippen molar-refractivity contribution in [1.29, 1.82) is 0 Å². The summed E-state index contributed by atoms with van der Waals surface area (Å²) in [4.78, 5) is 9.03. The van der Waals surface area contributed by atoms with Gasteiger partial charge in [-0.25, -0.2) is 23.1 Å². The average Bonchev–Trinajstić information content (AvgIpc) is 3.48. The molecular weight excluding hydrogens is 485 g/mol. The minimum atomic E-state index is -1.53. The molecule has 37 heavy (non-hydrogen) atoms. The number of furan rings is 1. The molecular formula is C26H23F3N6O2. The molecule has 0 aliphatic carbocycles. The van der Waals surface area contributed by atoms with Crippen molar-refractivity contribution in [2.45, 2.75) is 26.3 Å². The number of aryl methyl sites for hydroxylation is 2. The highest BCUT2D eigenvalue weighted by Crippen LogP contribution is 2.38. The number of anilines is 1. The van der Waals surface area contributed by atoms with Crippen LogP contribution in [0.15, 0.2) is 47.2 Å². The Bertz CT molecular complexity index is 1610. The highest BCUT2D eigenvalue weighted by molar-refractivity contribution is 5.89. The Kier molecular flexibility index (Phi) is 6.30. The average molecular weight is 509 g/mol. The predicted octanol–water partition coefficient (Wildman–Crippen LogP) is 4.85. The second-order valence-corrected chi connectivity index (χ2v) is 8.71. The Hall–Kier alpha value is -4.38. The molecule has 8 nitrogen and oxygen atoms in total. The number of hydrogen-bond donors (Lipinski definition) is 3. The van der Waals surface area contributed by atoms with Gasteiger partial charge in [0.2, 0.25) is 0 Å². The molecule has 4 heterocycles. The Morgan fingerprint density at radius 3 is 2.65 bits per heavy atom. The van der Waals surface area contributed by atoms with E-state index >= 15 is 0 Å². The molecule has 11 heteroatoms. The summed E-state index contributed by atoms with van der Waals surface area (Å²) in [6.07, 6.45) is 3.17. The van der Waals surface area contributed by atoms with Gasteiger partial charge >= 0.3 is 0 Å². The van der Waals surface area contributed by atoms with Crippen molar-refractivity contribution < 1.29 is 22.3 Å². The highest BCUT2D eigenvalue weighted by Gasteiger charge is 2.20. The topological polar surface area (TPSA) is 129 Å². The van der Waals surface area contributed by atoms with E-state index in [1.54, 1.807) is 24.6 Å². The Morgan fingerprint density at radius 1 is 1.08 bits per heavy atom. The lowest BCUT2D eigenvalue weighted by atomic mass is 9.99. The molecule has 0 spiro atoms. The van der Waals surface area contributed by atoms with E-state index in [1.165, 1.54) is 0 Å². The van der Waals surface area contributed by atoms with Crippen molar-refractivity contribution in [2.75, 3.05) is 12.3 Å². The number of nitrogens with one attached hydrogen (secondary N) is 1. The summed E-state index contributed by atoms with van der Waals surface area (Å²) in [7, 11) is 0. The third kappa shape index (κ3) is 4.60. The van der Waals surface area contributed by atoms with Gasteiger partial charge in [-0.05, 0) is 50.1 Å². The van der Waals surface area contributed by atoms with Crippen LogP contribution in [0.2, 0.25) is 0 Å². The van der Waals surface area contributed by atoms with Gasteiger partial charge in [0.15, 0.2) is 34.7 Å². The fourth-order valence-corrected chi connectivity index (χ4v) is 4.11. The van der Waals surface area contributed by atoms with Gasteiger partial charge in [-0.1, -0.05) is 6.07 Å². The standard InChI is InChI=1S/C26H23F3N6O2/c1-12-18-8-15(10-32-26(18)35-34-12)19-9-21(25(31)33-24(19)17-5-6-36-13(17)2)37-11-16(30)7-14-3-4-20(27)23(29)22(14)28/h3-6,8-10,16H,7,11,30H2,1-2H3,(H2,31,33)(H,32,34,35)/t16-/m1/s1. The van der Waals surface area contributed by atoms with Gasteiger partial charge < -0.3 is 20.6 Å². The highest BCUT2D eigenvalue weighted by atomic mass is 19.2. The number of pyridine rings is 2. The molecule has 5 N–H and O–H groups in total. The molecule has 0 bridgehead atoms. The van der Waals surface area contributed by atoms with Crippen LogP contribution >= 0.6 is 0 Å². The summed E-state index contributed by atoms with van der Waals surface area (Å²) in [6, 6.07) is 6.75. The van der Waals surface area contributed by atoms with Crippen molar-refractivity contribution in [3.8, 4) is 28.1 Å². The number of hydrogen-bond acceptors (Lipinski definition) is 7. The molecule has 5 rings (SSSR count). The number of halogens is 3. The van der Waals surface area contributed by atoms with Crippen molar-refractivity contribution in [3.05, 3.63) is 77.3 Å². The zero-order valence-electron chi connectivity index (χ0n) is 20.0. The zero-order valence-corrected chi connectivity index (χ0v) is 20.0. The first kappa shape index (κ1) is 24.3. The quantitative estimate of drug-likeness (QED) is 0.268. The van der Waals surface area contributed by atoms with Crippen LogP contribution in [-0.2, 0) is 6.42 Å². The Labute approximate surface area is 209 Å². The van der Waals surface area contributed by atoms with Gasteiger partial charge in [0.1, 0.15) is 12.4 Å². The maximum absolute atomic E-state index is 14.1. The molecule has 0 saturated carbocycles. The normalized spacial score (nSPS) is 12.3. The summed E-state index contributed by atoms with van der Waals surface area (Å²) < 4.78 is 52.2. The molecule has 0 unspecified atom stereocenters. The summed E-state index contributed by atoms with van der Waals surface area (Å²) in [5.41, 5.74) is 16.5. The maximum Gasteiger partial charge on any atom is 0.194 e. The third-order valence-corrected chi connectivity index (χ3v) is 6.09. The first-order valence-corrected chi connectivity index (χ1v) is 11.4. The van der Waals surface area contributed by atoms with Gasteiger partial charge in [0, 0.05) is 40.0 Å². The summed E-state index contributed by atoms with van der Waals surface area (Å²) >= 11 is 0. The Balaban J connectivity index is 1.47. The van der Waals surface area contributed by atoms with Crippen LogP contribution in [0.5, 0.6) is 5.75 Å². The SMILES string of the molecule is Cc1occc1-c1nc(N)c(OC[C@H](N)Cc2ccc(F)c(F)c2F)cc1-c1cnc2n[nH]c(C)c2c1. The van der Waals surface area contributed by atoms with Crippen LogP contribution < -0.4 is 16.2 Å². The molecule has 4 aromatic heterocycles. The first-order chi connectivity index (χ1) is 17.7. The van der Waals surface area contributed by atoms with E-state index in [1.807, 2.05) is 19.9 Å². The lowest BCUT2D eigenvalue weighted by Gasteiger charge is -2.17. The largest absolute Gasteiger partial charge is 0.488 e. The van der Waals surface area contributed by atoms with Crippen LogP contribution in [0.25, 0.3) is 33.4 Å². The van der Waals surface area contributed by atoms with E-state index in [-0.39, 0.29) is 30.2 Å². The van der Waals surface area contributed by atoms with Gasteiger partial charge in [0.25, 0.3) is 0 Å². The number of nitrogens with two attached hydrogens (primary N) is 2. The molecule has 190 valence electrons. The molecule has 0 fully saturated rings. The fraction of sp³-hybridized carbons (Fsp3) is 0.192.